The Morgan fingerprint density at radius 1 is 1.22 bits per heavy atom. The molecule has 140 valence electrons. The van der Waals surface area contributed by atoms with E-state index in [1.54, 1.807) is 29.2 Å². The van der Waals surface area contributed by atoms with Gasteiger partial charge in [0.05, 0.1) is 18.6 Å². The van der Waals surface area contributed by atoms with Gasteiger partial charge in [-0.1, -0.05) is 23.7 Å². The first-order chi connectivity index (χ1) is 12.9. The largest absolute Gasteiger partial charge is 0.465 e. The summed E-state index contributed by atoms with van der Waals surface area (Å²) >= 11 is 6.14. The highest BCUT2D eigenvalue weighted by molar-refractivity contribution is 6.31. The van der Waals surface area contributed by atoms with E-state index in [1.165, 1.54) is 13.2 Å². The van der Waals surface area contributed by atoms with Crippen molar-refractivity contribution in [3.05, 3.63) is 58.6 Å². The molecule has 2 amide bonds. The fraction of sp³-hybridized carbons (Fsp3) is 0.250. The summed E-state index contributed by atoms with van der Waals surface area (Å²) in [5.41, 5.74) is 2.42. The van der Waals surface area contributed by atoms with Gasteiger partial charge in [-0.15, -0.1) is 0 Å². The van der Waals surface area contributed by atoms with Gasteiger partial charge >= 0.3 is 5.97 Å². The Hall–Kier alpha value is -2.86. The number of rotatable bonds is 4. The van der Waals surface area contributed by atoms with Crippen molar-refractivity contribution in [3.8, 4) is 0 Å². The number of halogens is 1. The van der Waals surface area contributed by atoms with Gasteiger partial charge in [0, 0.05) is 29.4 Å². The normalized spacial score (nSPS) is 16.3. The summed E-state index contributed by atoms with van der Waals surface area (Å²) in [5.74, 6) is -1.37. The highest BCUT2D eigenvalue weighted by atomic mass is 35.5. The molecule has 1 aliphatic heterocycles. The maximum atomic E-state index is 12.6. The summed E-state index contributed by atoms with van der Waals surface area (Å²) in [6.07, 6.45) is 0.119. The number of carbonyl (C=O) groups excluding carboxylic acids is 3. The van der Waals surface area contributed by atoms with E-state index in [1.807, 2.05) is 19.1 Å². The van der Waals surface area contributed by atoms with Crippen LogP contribution < -0.4 is 10.2 Å². The molecule has 1 saturated heterocycles. The minimum Gasteiger partial charge on any atom is -0.465 e. The maximum Gasteiger partial charge on any atom is 0.337 e. The quantitative estimate of drug-likeness (QED) is 0.817. The van der Waals surface area contributed by atoms with E-state index in [0.717, 1.165) is 5.56 Å². The fourth-order valence-electron chi connectivity index (χ4n) is 2.97. The number of nitrogens with zero attached hydrogens (tertiary/aromatic N) is 1. The minimum atomic E-state index is -0.487. The topological polar surface area (TPSA) is 75.7 Å². The molecule has 7 heteroatoms. The fourth-order valence-corrected chi connectivity index (χ4v) is 3.14. The Morgan fingerprint density at radius 2 is 2.00 bits per heavy atom. The highest BCUT2D eigenvalue weighted by Crippen LogP contribution is 2.29. The molecule has 1 fully saturated rings. The van der Waals surface area contributed by atoms with Crippen LogP contribution in [0.5, 0.6) is 0 Å². The molecule has 0 aliphatic carbocycles. The first kappa shape index (κ1) is 18.9. The van der Waals surface area contributed by atoms with Crippen LogP contribution in [0.25, 0.3) is 0 Å². The molecule has 0 bridgehead atoms. The van der Waals surface area contributed by atoms with Crippen LogP contribution >= 0.6 is 11.6 Å². The predicted octanol–water partition coefficient (Wildman–Crippen LogP) is 3.43. The van der Waals surface area contributed by atoms with Crippen LogP contribution in [0.15, 0.2) is 42.5 Å². The summed E-state index contributed by atoms with van der Waals surface area (Å²) in [4.78, 5) is 38.1. The van der Waals surface area contributed by atoms with E-state index in [-0.39, 0.29) is 24.8 Å². The lowest BCUT2D eigenvalue weighted by Gasteiger charge is -2.17. The van der Waals surface area contributed by atoms with Crippen molar-refractivity contribution in [1.29, 1.82) is 0 Å². The van der Waals surface area contributed by atoms with Gasteiger partial charge in [0.1, 0.15) is 0 Å². The van der Waals surface area contributed by atoms with Crippen LogP contribution in [0.2, 0.25) is 5.02 Å². The monoisotopic (exact) mass is 386 g/mol. The van der Waals surface area contributed by atoms with Crippen molar-refractivity contribution < 1.29 is 19.1 Å². The van der Waals surface area contributed by atoms with Gasteiger partial charge in [0.15, 0.2) is 0 Å². The molecular formula is C20H19ClN2O4. The van der Waals surface area contributed by atoms with Gasteiger partial charge in [0.25, 0.3) is 0 Å². The average molecular weight is 387 g/mol. The molecule has 0 aromatic heterocycles. The van der Waals surface area contributed by atoms with E-state index in [4.69, 9.17) is 11.6 Å². The predicted molar refractivity (Wildman–Crippen MR) is 103 cm³/mol. The van der Waals surface area contributed by atoms with Crippen molar-refractivity contribution in [2.24, 2.45) is 5.92 Å². The van der Waals surface area contributed by atoms with Crippen LogP contribution in [0.3, 0.4) is 0 Å². The third-order valence-electron chi connectivity index (χ3n) is 4.51. The van der Waals surface area contributed by atoms with Crippen molar-refractivity contribution in [3.63, 3.8) is 0 Å². The third kappa shape index (κ3) is 4.11. The second-order valence-corrected chi connectivity index (χ2v) is 6.81. The molecule has 1 atom stereocenters. The Kier molecular flexibility index (Phi) is 5.46. The smallest absolute Gasteiger partial charge is 0.337 e. The van der Waals surface area contributed by atoms with Crippen LogP contribution in [0, 0.1) is 12.8 Å². The summed E-state index contributed by atoms with van der Waals surface area (Å²) < 4.78 is 4.68. The number of hydrogen-bond donors (Lipinski definition) is 1. The number of hydrogen-bond acceptors (Lipinski definition) is 4. The first-order valence-corrected chi connectivity index (χ1v) is 8.82. The van der Waals surface area contributed by atoms with Gasteiger partial charge in [-0.2, -0.15) is 0 Å². The standard InChI is InChI=1S/C20H19ClN2O4/c1-12-6-7-16(10-17(12)21)23-11-14(9-18(23)24)19(25)22-15-5-3-4-13(8-15)20(26)27-2/h3-8,10,14H,9,11H2,1-2H3,(H,22,25). The third-order valence-corrected chi connectivity index (χ3v) is 4.92. The van der Waals surface area contributed by atoms with Crippen LogP contribution in [-0.4, -0.2) is 31.4 Å². The molecule has 1 unspecified atom stereocenters. The number of aryl methyl sites for hydroxylation is 1. The lowest BCUT2D eigenvalue weighted by Crippen LogP contribution is -2.28. The molecule has 0 radical (unpaired) electrons. The molecule has 27 heavy (non-hydrogen) atoms. The molecule has 2 aromatic rings. The zero-order chi connectivity index (χ0) is 19.6. The summed E-state index contributed by atoms with van der Waals surface area (Å²) in [6.45, 7) is 2.16. The van der Waals surface area contributed by atoms with Crippen molar-refractivity contribution in [2.75, 3.05) is 23.9 Å². The maximum absolute atomic E-state index is 12.6. The van der Waals surface area contributed by atoms with E-state index < -0.39 is 11.9 Å². The Labute approximate surface area is 162 Å². The van der Waals surface area contributed by atoms with Gasteiger partial charge in [-0.05, 0) is 42.8 Å². The summed E-state index contributed by atoms with van der Waals surface area (Å²) in [5, 5.41) is 3.34. The average Bonchev–Trinajstić information content (AvgIpc) is 3.05. The van der Waals surface area contributed by atoms with Gasteiger partial charge in [-0.3, -0.25) is 9.59 Å². The van der Waals surface area contributed by atoms with E-state index in [0.29, 0.717) is 22.0 Å². The molecule has 1 N–H and O–H groups in total. The van der Waals surface area contributed by atoms with Crippen LogP contribution in [0.4, 0.5) is 11.4 Å². The highest BCUT2D eigenvalue weighted by Gasteiger charge is 2.35. The van der Waals surface area contributed by atoms with Crippen molar-refractivity contribution in [2.45, 2.75) is 13.3 Å². The molecule has 6 nitrogen and oxygen atoms in total. The Morgan fingerprint density at radius 3 is 2.70 bits per heavy atom. The Balaban J connectivity index is 1.70. The molecule has 1 heterocycles. The van der Waals surface area contributed by atoms with Crippen LogP contribution in [0.1, 0.15) is 22.3 Å². The zero-order valence-electron chi connectivity index (χ0n) is 15.0. The molecule has 1 aliphatic rings. The van der Waals surface area contributed by atoms with Gasteiger partial charge in [0.2, 0.25) is 11.8 Å². The van der Waals surface area contributed by atoms with Gasteiger partial charge < -0.3 is 15.0 Å². The van der Waals surface area contributed by atoms with E-state index in [2.05, 4.69) is 10.1 Å². The SMILES string of the molecule is COC(=O)c1cccc(NC(=O)C2CC(=O)N(c3ccc(C)c(Cl)c3)C2)c1. The molecule has 2 aromatic carbocycles. The number of carbonyl (C=O) groups is 3. The number of ether oxygens (including phenoxy) is 1. The number of amides is 2. The molecule has 0 spiro atoms. The van der Waals surface area contributed by atoms with Crippen molar-refractivity contribution in [1.82, 2.24) is 0 Å². The second kappa shape index (κ2) is 7.80. The minimum absolute atomic E-state index is 0.119. The van der Waals surface area contributed by atoms with Crippen molar-refractivity contribution >= 4 is 40.8 Å². The molecular weight excluding hydrogens is 368 g/mol. The first-order valence-electron chi connectivity index (χ1n) is 8.45. The molecule has 0 saturated carbocycles. The summed E-state index contributed by atoms with van der Waals surface area (Å²) in [6, 6.07) is 11.9. The number of esters is 1. The van der Waals surface area contributed by atoms with Gasteiger partial charge in [-0.25, -0.2) is 4.79 Å². The number of anilines is 2. The molecule has 3 rings (SSSR count). The number of methoxy groups -OCH3 is 1. The van der Waals surface area contributed by atoms with Crippen LogP contribution in [-0.2, 0) is 14.3 Å². The number of benzene rings is 2. The lowest BCUT2D eigenvalue weighted by atomic mass is 10.1. The zero-order valence-corrected chi connectivity index (χ0v) is 15.7. The van der Waals surface area contributed by atoms with E-state index >= 15 is 0 Å². The second-order valence-electron chi connectivity index (χ2n) is 6.40. The lowest BCUT2D eigenvalue weighted by molar-refractivity contribution is -0.122. The Bertz CT molecular complexity index is 913. The number of nitrogens with one attached hydrogen (secondary N) is 1. The summed E-state index contributed by atoms with van der Waals surface area (Å²) in [7, 11) is 1.30. The van der Waals surface area contributed by atoms with E-state index in [9.17, 15) is 14.4 Å².